The molecule has 4 aromatic rings. The lowest BCUT2D eigenvalue weighted by molar-refractivity contribution is 0.0827. The van der Waals surface area contributed by atoms with Gasteiger partial charge in [-0.3, -0.25) is 9.59 Å². The normalized spacial score (nSPS) is 10.6. The van der Waals surface area contributed by atoms with Gasteiger partial charge in [0, 0.05) is 38.0 Å². The SMILES string of the molecule is CN(C)C(=O)c1ccc(CNC(=O)c2cn(-c3ccccc3)nc2-c2ccccc2)cc1. The van der Waals surface area contributed by atoms with Gasteiger partial charge in [-0.2, -0.15) is 5.10 Å². The number of carbonyl (C=O) groups excluding carboxylic acids is 2. The predicted molar refractivity (Wildman–Crippen MR) is 125 cm³/mol. The van der Waals surface area contributed by atoms with Gasteiger partial charge in [0.1, 0.15) is 5.69 Å². The maximum Gasteiger partial charge on any atom is 0.255 e. The second-order valence-electron chi connectivity index (χ2n) is 7.62. The van der Waals surface area contributed by atoms with Crippen LogP contribution in [0, 0.1) is 0 Å². The van der Waals surface area contributed by atoms with Crippen molar-refractivity contribution >= 4 is 11.8 Å². The van der Waals surface area contributed by atoms with Crippen LogP contribution in [0.4, 0.5) is 0 Å². The molecule has 0 saturated heterocycles. The first kappa shape index (κ1) is 21.1. The van der Waals surface area contributed by atoms with Crippen molar-refractivity contribution in [2.45, 2.75) is 6.54 Å². The van der Waals surface area contributed by atoms with Gasteiger partial charge >= 0.3 is 0 Å². The molecule has 32 heavy (non-hydrogen) atoms. The first-order valence-electron chi connectivity index (χ1n) is 10.3. The second kappa shape index (κ2) is 9.31. The van der Waals surface area contributed by atoms with Crippen LogP contribution in [0.5, 0.6) is 0 Å². The summed E-state index contributed by atoms with van der Waals surface area (Å²) in [5.74, 6) is -0.263. The molecule has 0 saturated carbocycles. The average molecular weight is 425 g/mol. The van der Waals surface area contributed by atoms with E-state index in [-0.39, 0.29) is 11.8 Å². The Morgan fingerprint density at radius 1 is 0.875 bits per heavy atom. The third-order valence-electron chi connectivity index (χ3n) is 5.09. The summed E-state index contributed by atoms with van der Waals surface area (Å²) in [5, 5.41) is 7.66. The number of nitrogens with one attached hydrogen (secondary N) is 1. The fourth-order valence-electron chi connectivity index (χ4n) is 3.36. The van der Waals surface area contributed by atoms with E-state index in [1.54, 1.807) is 37.1 Å². The maximum atomic E-state index is 13.1. The smallest absolute Gasteiger partial charge is 0.255 e. The highest BCUT2D eigenvalue weighted by atomic mass is 16.2. The third-order valence-corrected chi connectivity index (χ3v) is 5.09. The summed E-state index contributed by atoms with van der Waals surface area (Å²) >= 11 is 0. The van der Waals surface area contributed by atoms with Gasteiger partial charge in [-0.15, -0.1) is 0 Å². The van der Waals surface area contributed by atoms with Gasteiger partial charge in [-0.25, -0.2) is 4.68 Å². The predicted octanol–water partition coefficient (Wildman–Crippen LogP) is 4.17. The quantitative estimate of drug-likeness (QED) is 0.505. The lowest BCUT2D eigenvalue weighted by Crippen LogP contribution is -2.23. The van der Waals surface area contributed by atoms with Crippen LogP contribution < -0.4 is 5.32 Å². The number of hydrogen-bond acceptors (Lipinski definition) is 3. The molecule has 1 heterocycles. The van der Waals surface area contributed by atoms with Crippen molar-refractivity contribution in [2.75, 3.05) is 14.1 Å². The largest absolute Gasteiger partial charge is 0.348 e. The monoisotopic (exact) mass is 424 g/mol. The van der Waals surface area contributed by atoms with Crippen LogP contribution in [0.3, 0.4) is 0 Å². The van der Waals surface area contributed by atoms with E-state index in [9.17, 15) is 9.59 Å². The van der Waals surface area contributed by atoms with Crippen molar-refractivity contribution in [3.8, 4) is 16.9 Å². The minimum absolute atomic E-state index is 0.0542. The fourth-order valence-corrected chi connectivity index (χ4v) is 3.36. The van der Waals surface area contributed by atoms with Crippen molar-refractivity contribution in [1.82, 2.24) is 20.0 Å². The van der Waals surface area contributed by atoms with E-state index in [0.29, 0.717) is 23.4 Å². The summed E-state index contributed by atoms with van der Waals surface area (Å²) in [5.41, 5.74) is 4.40. The Kier molecular flexibility index (Phi) is 6.12. The molecule has 0 aliphatic rings. The fraction of sp³-hybridized carbons (Fsp3) is 0.115. The van der Waals surface area contributed by atoms with Gasteiger partial charge in [-0.1, -0.05) is 60.7 Å². The number of hydrogen-bond donors (Lipinski definition) is 1. The van der Waals surface area contributed by atoms with E-state index < -0.39 is 0 Å². The summed E-state index contributed by atoms with van der Waals surface area (Å²) in [7, 11) is 3.44. The summed E-state index contributed by atoms with van der Waals surface area (Å²) in [6.07, 6.45) is 1.76. The van der Waals surface area contributed by atoms with Crippen molar-refractivity contribution in [3.63, 3.8) is 0 Å². The Balaban J connectivity index is 1.56. The topological polar surface area (TPSA) is 67.2 Å². The van der Waals surface area contributed by atoms with Crippen LogP contribution in [0.15, 0.2) is 91.1 Å². The summed E-state index contributed by atoms with van der Waals surface area (Å²) < 4.78 is 1.72. The van der Waals surface area contributed by atoms with E-state index in [1.165, 1.54) is 4.90 Å². The molecule has 0 aliphatic carbocycles. The Hall–Kier alpha value is -4.19. The second-order valence-corrected chi connectivity index (χ2v) is 7.62. The summed E-state index contributed by atoms with van der Waals surface area (Å²) in [4.78, 5) is 26.7. The number of para-hydroxylation sites is 1. The lowest BCUT2D eigenvalue weighted by Gasteiger charge is -2.11. The molecule has 0 bridgehead atoms. The zero-order chi connectivity index (χ0) is 22.5. The van der Waals surface area contributed by atoms with Gasteiger partial charge in [0.2, 0.25) is 0 Å². The number of aromatic nitrogens is 2. The molecule has 0 radical (unpaired) electrons. The number of rotatable bonds is 6. The van der Waals surface area contributed by atoms with Crippen LogP contribution >= 0.6 is 0 Å². The van der Waals surface area contributed by atoms with E-state index in [4.69, 9.17) is 0 Å². The molecule has 6 heteroatoms. The Labute approximate surface area is 187 Å². The Bertz CT molecular complexity index is 1210. The number of nitrogens with zero attached hydrogens (tertiary/aromatic N) is 3. The standard InChI is InChI=1S/C26H24N4O2/c1-29(2)26(32)21-15-13-19(14-16-21)17-27-25(31)23-18-30(22-11-7-4-8-12-22)28-24(23)20-9-5-3-6-10-20/h3-16,18H,17H2,1-2H3,(H,27,31). The third kappa shape index (κ3) is 4.59. The molecule has 0 unspecified atom stereocenters. The van der Waals surface area contributed by atoms with Gasteiger partial charge in [0.05, 0.1) is 11.3 Å². The molecular formula is C26H24N4O2. The zero-order valence-electron chi connectivity index (χ0n) is 18.0. The first-order valence-corrected chi connectivity index (χ1v) is 10.3. The first-order chi connectivity index (χ1) is 15.5. The molecule has 0 atom stereocenters. The molecular weight excluding hydrogens is 400 g/mol. The highest BCUT2D eigenvalue weighted by molar-refractivity contribution is 6.00. The van der Waals surface area contributed by atoms with Crippen LogP contribution in [0.1, 0.15) is 26.3 Å². The molecule has 160 valence electrons. The van der Waals surface area contributed by atoms with Crippen molar-refractivity contribution in [2.24, 2.45) is 0 Å². The zero-order valence-corrected chi connectivity index (χ0v) is 18.0. The van der Waals surface area contributed by atoms with Crippen molar-refractivity contribution in [1.29, 1.82) is 0 Å². The Morgan fingerprint density at radius 2 is 1.50 bits per heavy atom. The molecule has 0 fully saturated rings. The van der Waals surface area contributed by atoms with Gasteiger partial charge in [0.15, 0.2) is 0 Å². The molecule has 3 aromatic carbocycles. The molecule has 1 aromatic heterocycles. The maximum absolute atomic E-state index is 13.1. The highest BCUT2D eigenvalue weighted by Crippen LogP contribution is 2.23. The van der Waals surface area contributed by atoms with Gasteiger partial charge in [-0.05, 0) is 29.8 Å². The molecule has 1 N–H and O–H groups in total. The van der Waals surface area contributed by atoms with E-state index >= 15 is 0 Å². The molecule has 2 amide bonds. The summed E-state index contributed by atoms with van der Waals surface area (Å²) in [6, 6.07) is 26.6. The van der Waals surface area contributed by atoms with E-state index in [1.807, 2.05) is 72.8 Å². The highest BCUT2D eigenvalue weighted by Gasteiger charge is 2.18. The van der Waals surface area contributed by atoms with Gasteiger partial charge in [0.25, 0.3) is 11.8 Å². The van der Waals surface area contributed by atoms with Crippen LogP contribution in [-0.2, 0) is 6.54 Å². The van der Waals surface area contributed by atoms with E-state index in [0.717, 1.165) is 16.8 Å². The average Bonchev–Trinajstić information content (AvgIpc) is 3.29. The van der Waals surface area contributed by atoms with Gasteiger partial charge < -0.3 is 10.2 Å². The number of benzene rings is 3. The van der Waals surface area contributed by atoms with Crippen LogP contribution in [0.25, 0.3) is 16.9 Å². The molecule has 6 nitrogen and oxygen atoms in total. The molecule has 4 rings (SSSR count). The lowest BCUT2D eigenvalue weighted by atomic mass is 10.1. The van der Waals surface area contributed by atoms with E-state index in [2.05, 4.69) is 10.4 Å². The van der Waals surface area contributed by atoms with Crippen LogP contribution in [0.2, 0.25) is 0 Å². The molecule has 0 aliphatic heterocycles. The molecule has 0 spiro atoms. The minimum Gasteiger partial charge on any atom is -0.348 e. The minimum atomic E-state index is -0.209. The van der Waals surface area contributed by atoms with Crippen LogP contribution in [-0.4, -0.2) is 40.6 Å². The number of amides is 2. The number of carbonyl (C=O) groups is 2. The van der Waals surface area contributed by atoms with Crippen molar-refractivity contribution in [3.05, 3.63) is 108 Å². The van der Waals surface area contributed by atoms with Crippen molar-refractivity contribution < 1.29 is 9.59 Å². The summed E-state index contributed by atoms with van der Waals surface area (Å²) in [6.45, 7) is 0.347. The Morgan fingerprint density at radius 3 is 2.12 bits per heavy atom.